The van der Waals surface area contributed by atoms with Crippen LogP contribution in [0.25, 0.3) is 11.1 Å². The maximum atomic E-state index is 13.3. The molecule has 144 valence electrons. The van der Waals surface area contributed by atoms with Crippen LogP contribution in [0, 0.1) is 0 Å². The number of hydrogen-bond donors (Lipinski definition) is 0. The third-order valence-corrected chi connectivity index (χ3v) is 4.36. The molecular weight excluding hydrogens is 381 g/mol. The Morgan fingerprint density at radius 1 is 1.15 bits per heavy atom. The van der Waals surface area contributed by atoms with E-state index in [-0.39, 0.29) is 17.1 Å². The van der Waals surface area contributed by atoms with Crippen molar-refractivity contribution in [2.45, 2.75) is 45.6 Å². The third kappa shape index (κ3) is 4.18. The lowest BCUT2D eigenvalue weighted by Gasteiger charge is -2.24. The first kappa shape index (κ1) is 19.5. The summed E-state index contributed by atoms with van der Waals surface area (Å²) in [5, 5.41) is -0.0771. The van der Waals surface area contributed by atoms with E-state index in [4.69, 9.17) is 16.3 Å². The van der Waals surface area contributed by atoms with Crippen LogP contribution >= 0.6 is 11.6 Å². The molecule has 1 aliphatic rings. The van der Waals surface area contributed by atoms with Crippen LogP contribution in [0.1, 0.15) is 37.5 Å². The van der Waals surface area contributed by atoms with Gasteiger partial charge in [-0.3, -0.25) is 9.88 Å². The van der Waals surface area contributed by atoms with Gasteiger partial charge < -0.3 is 4.74 Å². The summed E-state index contributed by atoms with van der Waals surface area (Å²) in [5.74, 6) is 0. The number of alkyl halides is 3. The molecule has 0 bridgehead atoms. The predicted molar refractivity (Wildman–Crippen MR) is 95.2 cm³/mol. The molecule has 0 N–H and O–H groups in total. The van der Waals surface area contributed by atoms with E-state index in [2.05, 4.69) is 4.98 Å². The Morgan fingerprint density at radius 3 is 2.44 bits per heavy atom. The van der Waals surface area contributed by atoms with Crippen LogP contribution in [0.2, 0.25) is 5.02 Å². The van der Waals surface area contributed by atoms with E-state index in [1.165, 1.54) is 11.1 Å². The highest BCUT2D eigenvalue weighted by atomic mass is 35.5. The second kappa shape index (κ2) is 6.71. The fourth-order valence-corrected chi connectivity index (χ4v) is 3.22. The molecule has 3 rings (SSSR count). The number of benzene rings is 1. The van der Waals surface area contributed by atoms with Crippen molar-refractivity contribution >= 4 is 17.7 Å². The maximum absolute atomic E-state index is 13.3. The van der Waals surface area contributed by atoms with Crippen molar-refractivity contribution in [3.05, 3.63) is 52.3 Å². The van der Waals surface area contributed by atoms with Crippen molar-refractivity contribution in [2.24, 2.45) is 0 Å². The number of halogens is 4. The Kier molecular flexibility index (Phi) is 4.84. The van der Waals surface area contributed by atoms with Gasteiger partial charge in [0.1, 0.15) is 5.60 Å². The lowest BCUT2D eigenvalue weighted by molar-refractivity contribution is -0.137. The highest BCUT2D eigenvalue weighted by Gasteiger charge is 2.36. The molecule has 1 aromatic carbocycles. The van der Waals surface area contributed by atoms with Crippen LogP contribution < -0.4 is 0 Å². The minimum Gasteiger partial charge on any atom is -0.444 e. The fourth-order valence-electron chi connectivity index (χ4n) is 2.95. The Morgan fingerprint density at radius 2 is 1.81 bits per heavy atom. The molecule has 4 nitrogen and oxygen atoms in total. The SMILES string of the molecule is CC(C)(C)OC(=O)N1Cc2ccc(-c3c(Cl)cncc3C(F)(F)F)cc2C1. The predicted octanol–water partition coefficient (Wildman–Crippen LogP) is 5.67. The van der Waals surface area contributed by atoms with E-state index in [0.717, 1.165) is 17.3 Å². The molecule has 0 radical (unpaired) electrons. The average Bonchev–Trinajstić information content (AvgIpc) is 2.95. The zero-order valence-electron chi connectivity index (χ0n) is 15.0. The van der Waals surface area contributed by atoms with Gasteiger partial charge in [0, 0.05) is 31.0 Å². The minimum absolute atomic E-state index is 0.0771. The van der Waals surface area contributed by atoms with Gasteiger partial charge in [0.2, 0.25) is 0 Å². The van der Waals surface area contributed by atoms with E-state index < -0.39 is 23.4 Å². The zero-order valence-corrected chi connectivity index (χ0v) is 15.8. The summed E-state index contributed by atoms with van der Waals surface area (Å²) in [6.45, 7) is 5.94. The van der Waals surface area contributed by atoms with E-state index in [1.807, 2.05) is 0 Å². The van der Waals surface area contributed by atoms with Gasteiger partial charge in [-0.1, -0.05) is 23.7 Å². The molecule has 2 aromatic rings. The Balaban J connectivity index is 1.93. The summed E-state index contributed by atoms with van der Waals surface area (Å²) in [5.41, 5.74) is 0.334. The Hall–Kier alpha value is -2.28. The highest BCUT2D eigenvalue weighted by Crippen LogP contribution is 2.41. The molecule has 2 heterocycles. The van der Waals surface area contributed by atoms with Crippen LogP contribution in [-0.4, -0.2) is 21.6 Å². The van der Waals surface area contributed by atoms with Crippen LogP contribution in [0.15, 0.2) is 30.6 Å². The van der Waals surface area contributed by atoms with E-state index in [0.29, 0.717) is 12.1 Å². The molecule has 27 heavy (non-hydrogen) atoms. The number of aromatic nitrogens is 1. The number of hydrogen-bond acceptors (Lipinski definition) is 3. The van der Waals surface area contributed by atoms with E-state index >= 15 is 0 Å². The molecule has 0 saturated carbocycles. The summed E-state index contributed by atoms with van der Waals surface area (Å²) in [7, 11) is 0. The van der Waals surface area contributed by atoms with Gasteiger partial charge in [-0.15, -0.1) is 0 Å². The third-order valence-electron chi connectivity index (χ3n) is 4.07. The smallest absolute Gasteiger partial charge is 0.418 e. The van der Waals surface area contributed by atoms with Crippen molar-refractivity contribution in [1.82, 2.24) is 9.88 Å². The second-order valence-corrected chi connectivity index (χ2v) is 7.77. The van der Waals surface area contributed by atoms with Crippen LogP contribution in [0.3, 0.4) is 0 Å². The van der Waals surface area contributed by atoms with Gasteiger partial charge in [0.15, 0.2) is 0 Å². The second-order valence-electron chi connectivity index (χ2n) is 7.36. The quantitative estimate of drug-likeness (QED) is 0.621. The molecule has 1 amide bonds. The monoisotopic (exact) mass is 398 g/mol. The van der Waals surface area contributed by atoms with E-state index in [9.17, 15) is 18.0 Å². The van der Waals surface area contributed by atoms with Gasteiger partial charge in [0.05, 0.1) is 10.6 Å². The topological polar surface area (TPSA) is 42.4 Å². The molecule has 1 aliphatic heterocycles. The number of nitrogens with zero attached hydrogens (tertiary/aromatic N) is 2. The number of fused-ring (bicyclic) bond motifs is 1. The number of amides is 1. The first-order chi connectivity index (χ1) is 12.5. The Bertz CT molecular complexity index is 891. The minimum atomic E-state index is -4.57. The molecule has 0 fully saturated rings. The average molecular weight is 399 g/mol. The Labute approximate surface area is 159 Å². The molecule has 0 atom stereocenters. The van der Waals surface area contributed by atoms with Crippen LogP contribution in [0.5, 0.6) is 0 Å². The molecule has 8 heteroatoms. The molecule has 1 aromatic heterocycles. The normalized spacial score (nSPS) is 14.3. The van der Waals surface area contributed by atoms with Crippen molar-refractivity contribution in [3.63, 3.8) is 0 Å². The van der Waals surface area contributed by atoms with Crippen molar-refractivity contribution in [3.8, 4) is 11.1 Å². The molecule has 0 aliphatic carbocycles. The summed E-state index contributed by atoms with van der Waals surface area (Å²) in [4.78, 5) is 17.3. The maximum Gasteiger partial charge on any atom is 0.418 e. The lowest BCUT2D eigenvalue weighted by Crippen LogP contribution is -2.33. The lowest BCUT2D eigenvalue weighted by atomic mass is 9.97. The van der Waals surface area contributed by atoms with Crippen LogP contribution in [-0.2, 0) is 24.0 Å². The highest BCUT2D eigenvalue weighted by molar-refractivity contribution is 6.33. The van der Waals surface area contributed by atoms with Crippen molar-refractivity contribution < 1.29 is 22.7 Å². The van der Waals surface area contributed by atoms with E-state index in [1.54, 1.807) is 39.0 Å². The molecule has 0 saturated heterocycles. The van der Waals surface area contributed by atoms with Gasteiger partial charge in [0.25, 0.3) is 0 Å². The first-order valence-electron chi connectivity index (χ1n) is 8.26. The number of carbonyl (C=O) groups excluding carboxylic acids is 1. The van der Waals surface area contributed by atoms with Gasteiger partial charge in [-0.05, 0) is 43.5 Å². The largest absolute Gasteiger partial charge is 0.444 e. The number of ether oxygens (including phenoxy) is 1. The summed E-state index contributed by atoms with van der Waals surface area (Å²) in [6, 6.07) is 4.93. The number of rotatable bonds is 1. The molecular formula is C19H18ClF3N2O2. The van der Waals surface area contributed by atoms with Gasteiger partial charge >= 0.3 is 12.3 Å². The van der Waals surface area contributed by atoms with Crippen LogP contribution in [0.4, 0.5) is 18.0 Å². The summed E-state index contributed by atoms with van der Waals surface area (Å²) >= 11 is 6.03. The zero-order chi connectivity index (χ0) is 20.0. The first-order valence-corrected chi connectivity index (χ1v) is 8.64. The van der Waals surface area contributed by atoms with Crippen molar-refractivity contribution in [1.29, 1.82) is 0 Å². The number of carbonyl (C=O) groups is 1. The van der Waals surface area contributed by atoms with Crippen molar-refractivity contribution in [2.75, 3.05) is 0 Å². The molecule has 0 unspecified atom stereocenters. The summed E-state index contributed by atoms with van der Waals surface area (Å²) < 4.78 is 45.4. The number of pyridine rings is 1. The van der Waals surface area contributed by atoms with Gasteiger partial charge in [-0.2, -0.15) is 13.2 Å². The van der Waals surface area contributed by atoms with Gasteiger partial charge in [-0.25, -0.2) is 4.79 Å². The fraction of sp³-hybridized carbons (Fsp3) is 0.368. The summed E-state index contributed by atoms with van der Waals surface area (Å²) in [6.07, 6.45) is -3.08. The standard InChI is InChI=1S/C19H18ClF3N2O2/c1-18(2,3)27-17(26)25-9-12-5-4-11(6-13(12)10-25)16-14(19(21,22)23)7-24-8-15(16)20/h4-8H,9-10H2,1-3H3. The molecule has 0 spiro atoms.